The fourth-order valence-corrected chi connectivity index (χ4v) is 3.93. The predicted octanol–water partition coefficient (Wildman–Crippen LogP) is 2.53. The number of halogens is 1. The van der Waals surface area contributed by atoms with Crippen molar-refractivity contribution in [1.29, 1.82) is 0 Å². The van der Waals surface area contributed by atoms with Gasteiger partial charge in [-0.25, -0.2) is 9.37 Å². The van der Waals surface area contributed by atoms with Gasteiger partial charge in [0.15, 0.2) is 0 Å². The number of piperidine rings is 1. The Morgan fingerprint density at radius 1 is 1.25 bits per heavy atom. The minimum atomic E-state index is -0.690. The van der Waals surface area contributed by atoms with E-state index in [2.05, 4.69) is 9.47 Å². The van der Waals surface area contributed by atoms with Gasteiger partial charge in [-0.2, -0.15) is 0 Å². The molecular weight excluding hydrogens is 307 g/mol. The quantitative estimate of drug-likeness (QED) is 0.850. The largest absolute Gasteiger partial charge is 0.356 e. The number of rotatable bonds is 2. The van der Waals surface area contributed by atoms with Crippen LogP contribution in [-0.4, -0.2) is 52.7 Å². The Morgan fingerprint density at radius 3 is 2.71 bits per heavy atom. The zero-order valence-corrected chi connectivity index (χ0v) is 14.3. The van der Waals surface area contributed by atoms with E-state index in [4.69, 9.17) is 4.98 Å². The van der Waals surface area contributed by atoms with E-state index in [9.17, 15) is 9.18 Å². The number of fused-ring (bicyclic) bond motifs is 3. The number of aromatic nitrogens is 2. The van der Waals surface area contributed by atoms with Gasteiger partial charge >= 0.3 is 0 Å². The minimum absolute atomic E-state index is 0.108. The summed E-state index contributed by atoms with van der Waals surface area (Å²) in [4.78, 5) is 21.6. The highest BCUT2D eigenvalue weighted by molar-refractivity contribution is 6.08. The molecule has 0 radical (unpaired) electrons. The number of hydrogen-bond donors (Lipinski definition) is 0. The smallest absolute Gasteiger partial charge is 0.256 e. The molecule has 2 aromatic heterocycles. The van der Waals surface area contributed by atoms with E-state index >= 15 is 0 Å². The number of pyridine rings is 1. The van der Waals surface area contributed by atoms with Crippen LogP contribution in [0.15, 0.2) is 12.1 Å². The van der Waals surface area contributed by atoms with Crippen molar-refractivity contribution < 1.29 is 9.18 Å². The molecule has 2 aliphatic rings. The zero-order chi connectivity index (χ0) is 16.8. The summed E-state index contributed by atoms with van der Waals surface area (Å²) in [5.41, 5.74) is 2.74. The van der Waals surface area contributed by atoms with Crippen LogP contribution in [-0.2, 0) is 13.5 Å². The monoisotopic (exact) mass is 330 g/mol. The third-order valence-electron chi connectivity index (χ3n) is 5.39. The molecule has 128 valence electrons. The van der Waals surface area contributed by atoms with Gasteiger partial charge in [-0.3, -0.25) is 4.79 Å². The number of nitrogens with zero attached hydrogens (tertiary/aromatic N) is 4. The Balaban J connectivity index is 1.76. The van der Waals surface area contributed by atoms with Crippen LogP contribution in [0.2, 0.25) is 0 Å². The second kappa shape index (κ2) is 5.76. The maximum absolute atomic E-state index is 13.4. The highest BCUT2D eigenvalue weighted by Crippen LogP contribution is 2.31. The van der Waals surface area contributed by atoms with E-state index in [0.717, 1.165) is 47.6 Å². The van der Waals surface area contributed by atoms with E-state index in [1.165, 1.54) is 0 Å². The van der Waals surface area contributed by atoms with Crippen LogP contribution in [0.1, 0.15) is 35.8 Å². The van der Waals surface area contributed by atoms with Crippen LogP contribution < -0.4 is 4.90 Å². The van der Waals surface area contributed by atoms with Gasteiger partial charge in [0.2, 0.25) is 0 Å². The summed E-state index contributed by atoms with van der Waals surface area (Å²) in [5, 5.41) is 0.930. The first kappa shape index (κ1) is 15.4. The van der Waals surface area contributed by atoms with Crippen LogP contribution in [0.5, 0.6) is 0 Å². The summed E-state index contributed by atoms with van der Waals surface area (Å²) >= 11 is 0. The van der Waals surface area contributed by atoms with E-state index in [0.29, 0.717) is 25.9 Å². The van der Waals surface area contributed by atoms with E-state index in [-0.39, 0.29) is 5.91 Å². The molecular formula is C18H23FN4O. The Bertz CT molecular complexity index is 792. The molecule has 1 amide bonds. The summed E-state index contributed by atoms with van der Waals surface area (Å²) in [5.74, 6) is 0.990. The summed E-state index contributed by atoms with van der Waals surface area (Å²) in [6.45, 7) is 4.92. The summed E-state index contributed by atoms with van der Waals surface area (Å²) in [6.07, 6.45) is 1.30. The van der Waals surface area contributed by atoms with E-state index in [1.807, 2.05) is 31.0 Å². The first-order valence-electron chi connectivity index (χ1n) is 8.76. The SMILES string of the molecule is CCN1CCc2c(c3ccc(N4CCC(F)CC4)nc3n2C)C1=O. The van der Waals surface area contributed by atoms with Crippen LogP contribution >= 0.6 is 0 Å². The highest BCUT2D eigenvalue weighted by Gasteiger charge is 2.30. The molecule has 1 fully saturated rings. The van der Waals surface area contributed by atoms with Gasteiger partial charge in [0.25, 0.3) is 5.91 Å². The van der Waals surface area contributed by atoms with Gasteiger partial charge in [-0.1, -0.05) is 0 Å². The molecule has 4 rings (SSSR count). The summed E-state index contributed by atoms with van der Waals surface area (Å²) in [6, 6.07) is 3.98. The number of carbonyl (C=O) groups is 1. The van der Waals surface area contributed by atoms with Gasteiger partial charge in [0.05, 0.1) is 5.56 Å². The Labute approximate surface area is 141 Å². The van der Waals surface area contributed by atoms with Crippen molar-refractivity contribution in [3.63, 3.8) is 0 Å². The molecule has 4 heterocycles. The van der Waals surface area contributed by atoms with Crippen molar-refractivity contribution in [2.24, 2.45) is 7.05 Å². The second-order valence-electron chi connectivity index (χ2n) is 6.72. The fourth-order valence-electron chi connectivity index (χ4n) is 3.93. The van der Waals surface area contributed by atoms with Crippen molar-refractivity contribution in [3.8, 4) is 0 Å². The second-order valence-corrected chi connectivity index (χ2v) is 6.72. The van der Waals surface area contributed by atoms with Gasteiger partial charge in [0.1, 0.15) is 17.6 Å². The highest BCUT2D eigenvalue weighted by atomic mass is 19.1. The van der Waals surface area contributed by atoms with Crippen molar-refractivity contribution in [1.82, 2.24) is 14.5 Å². The molecule has 1 saturated heterocycles. The molecule has 0 aromatic carbocycles. The standard InChI is InChI=1S/C18H23FN4O/c1-3-22-11-8-14-16(18(22)24)13-4-5-15(20-17(13)21(14)2)23-9-6-12(19)7-10-23/h4-5,12H,3,6-11H2,1-2H3. The number of likely N-dealkylation sites (N-methyl/N-ethyl adjacent to an activating group) is 1. The van der Waals surface area contributed by atoms with Crippen LogP contribution in [0, 0.1) is 0 Å². The topological polar surface area (TPSA) is 41.4 Å². The lowest BCUT2D eigenvalue weighted by Gasteiger charge is -2.29. The maximum Gasteiger partial charge on any atom is 0.256 e. The average Bonchev–Trinajstić information content (AvgIpc) is 2.89. The lowest BCUT2D eigenvalue weighted by molar-refractivity contribution is 0.0749. The molecule has 0 saturated carbocycles. The molecule has 0 bridgehead atoms. The average molecular weight is 330 g/mol. The molecule has 2 aliphatic heterocycles. The molecule has 0 aliphatic carbocycles. The first-order chi connectivity index (χ1) is 11.6. The van der Waals surface area contributed by atoms with Gasteiger partial charge in [-0.05, 0) is 31.9 Å². The molecule has 24 heavy (non-hydrogen) atoms. The maximum atomic E-state index is 13.4. The normalized spacial score (nSPS) is 19.2. The predicted molar refractivity (Wildman–Crippen MR) is 92.3 cm³/mol. The Morgan fingerprint density at radius 2 is 2.00 bits per heavy atom. The van der Waals surface area contributed by atoms with E-state index in [1.54, 1.807) is 0 Å². The van der Waals surface area contributed by atoms with E-state index < -0.39 is 6.17 Å². The molecule has 0 spiro atoms. The Hall–Kier alpha value is -2.11. The lowest BCUT2D eigenvalue weighted by Crippen LogP contribution is -2.37. The number of aryl methyl sites for hydroxylation is 1. The molecule has 0 N–H and O–H groups in total. The Kier molecular flexibility index (Phi) is 3.70. The third kappa shape index (κ3) is 2.27. The molecule has 2 aromatic rings. The van der Waals surface area contributed by atoms with Gasteiger partial charge in [-0.15, -0.1) is 0 Å². The summed E-state index contributed by atoms with van der Waals surface area (Å²) < 4.78 is 15.4. The molecule has 0 atom stereocenters. The summed E-state index contributed by atoms with van der Waals surface area (Å²) in [7, 11) is 1.99. The van der Waals surface area contributed by atoms with Gasteiger partial charge in [0, 0.05) is 50.7 Å². The fraction of sp³-hybridized carbons (Fsp3) is 0.556. The van der Waals surface area contributed by atoms with Crippen molar-refractivity contribution in [3.05, 3.63) is 23.4 Å². The van der Waals surface area contributed by atoms with Crippen molar-refractivity contribution in [2.75, 3.05) is 31.1 Å². The number of anilines is 1. The van der Waals surface area contributed by atoms with Crippen LogP contribution in [0.25, 0.3) is 11.0 Å². The number of carbonyl (C=O) groups excluding carboxylic acids is 1. The molecule has 6 heteroatoms. The lowest BCUT2D eigenvalue weighted by atomic mass is 10.0. The number of alkyl halides is 1. The minimum Gasteiger partial charge on any atom is -0.356 e. The molecule has 0 unspecified atom stereocenters. The van der Waals surface area contributed by atoms with Crippen molar-refractivity contribution >= 4 is 22.8 Å². The van der Waals surface area contributed by atoms with Crippen molar-refractivity contribution in [2.45, 2.75) is 32.4 Å². The van der Waals surface area contributed by atoms with Gasteiger partial charge < -0.3 is 14.4 Å². The van der Waals surface area contributed by atoms with Crippen LogP contribution in [0.3, 0.4) is 0 Å². The number of hydrogen-bond acceptors (Lipinski definition) is 3. The van der Waals surface area contributed by atoms with Crippen LogP contribution in [0.4, 0.5) is 10.2 Å². The number of amides is 1. The molecule has 5 nitrogen and oxygen atoms in total. The first-order valence-corrected chi connectivity index (χ1v) is 8.76. The zero-order valence-electron chi connectivity index (χ0n) is 14.3. The third-order valence-corrected chi connectivity index (χ3v) is 5.39.